The molecule has 0 unspecified atom stereocenters. The van der Waals surface area contributed by atoms with Gasteiger partial charge in [0.05, 0.1) is 0 Å². The molecule has 0 aliphatic heterocycles. The van der Waals surface area contributed by atoms with Gasteiger partial charge in [0.2, 0.25) is 34.2 Å². The van der Waals surface area contributed by atoms with Crippen LogP contribution in [0.2, 0.25) is 0 Å². The van der Waals surface area contributed by atoms with Crippen molar-refractivity contribution in [3.8, 4) is 67.5 Å². The predicted molar refractivity (Wildman–Crippen MR) is 404 cm³/mol. The molecule has 0 aliphatic rings. The van der Waals surface area contributed by atoms with Gasteiger partial charge >= 0.3 is 0 Å². The maximum atomic E-state index is 2.27. The standard InChI is InChI=1S/C16H20N.4C15H18N.C14H16N/c1-11-6-7-15(13(3)8-11)16-9-12(2)14(4)10-17(16)5;1-11-5-7-14(13(3)9-11)15-8-6-12(2)10-16(15)4;1-11-9-13(3)16(4)15(10-11)14-8-6-5-7-12(14)2;1-11-7-5-6-8-14(11)15-9-12(2)13(3)10-16(15)4;1-11-9-10-15(16(4)13(11)3)14-8-6-5-7-12(14)2;1-11-7-8-13(12(2)10-11)14-6-4-5-9-15(14)3/h6-10H,1-5H3;4*5-10H,1-4H3;4-10H,1-3H3/q6*+1. The van der Waals surface area contributed by atoms with Crippen molar-refractivity contribution in [1.29, 1.82) is 0 Å². The molecule has 0 fully saturated rings. The Labute approximate surface area is 577 Å². The van der Waals surface area contributed by atoms with Gasteiger partial charge in [-0.3, -0.25) is 0 Å². The van der Waals surface area contributed by atoms with E-state index in [0.29, 0.717) is 0 Å². The van der Waals surface area contributed by atoms with Gasteiger partial charge < -0.3 is 0 Å². The van der Waals surface area contributed by atoms with Gasteiger partial charge in [-0.1, -0.05) is 108 Å². The first-order valence-electron chi connectivity index (χ1n) is 33.7. The van der Waals surface area contributed by atoms with Crippen molar-refractivity contribution in [3.05, 3.63) is 319 Å². The zero-order chi connectivity index (χ0) is 70.2. The highest BCUT2D eigenvalue weighted by Crippen LogP contribution is 2.27. The molecule has 6 aromatic carbocycles. The third kappa shape index (κ3) is 19.0. The number of aromatic nitrogens is 6. The highest BCUT2D eigenvalue weighted by Gasteiger charge is 2.19. The zero-order valence-electron chi connectivity index (χ0n) is 62.5. The quantitative estimate of drug-likeness (QED) is 0.148. The number of pyridine rings is 6. The van der Waals surface area contributed by atoms with Crippen LogP contribution < -0.4 is 27.4 Å². The smallest absolute Gasteiger partial charge is 0.201 e. The van der Waals surface area contributed by atoms with Crippen LogP contribution in [-0.4, -0.2) is 0 Å². The Bertz CT molecular complexity index is 4600. The number of benzene rings is 6. The molecule has 0 spiro atoms. The zero-order valence-corrected chi connectivity index (χ0v) is 62.5. The van der Waals surface area contributed by atoms with Gasteiger partial charge in [-0.05, 0) is 215 Å². The van der Waals surface area contributed by atoms with E-state index in [1.165, 1.54) is 168 Å². The number of aryl methyl sites for hydroxylation is 21. The second-order valence-electron chi connectivity index (χ2n) is 26.7. The molecule has 6 heteroatoms. The Morgan fingerprint density at radius 3 is 0.990 bits per heavy atom. The summed E-state index contributed by atoms with van der Waals surface area (Å²) in [6.07, 6.45) is 8.63. The number of nitrogens with zero attached hydrogens (tertiary/aromatic N) is 6. The van der Waals surface area contributed by atoms with Crippen molar-refractivity contribution < 1.29 is 27.4 Å². The molecule has 0 amide bonds. The molecule has 492 valence electrons. The third-order valence-electron chi connectivity index (χ3n) is 18.7. The summed E-state index contributed by atoms with van der Waals surface area (Å²) in [5.41, 5.74) is 39.4. The van der Waals surface area contributed by atoms with Crippen molar-refractivity contribution in [2.45, 2.75) is 125 Å². The van der Waals surface area contributed by atoms with Crippen LogP contribution in [-0.2, 0) is 42.3 Å². The topological polar surface area (TPSA) is 23.3 Å². The van der Waals surface area contributed by atoms with Crippen LogP contribution in [0, 0.1) is 125 Å². The Balaban J connectivity index is 0.000000163. The van der Waals surface area contributed by atoms with E-state index in [1.807, 2.05) is 6.07 Å². The van der Waals surface area contributed by atoms with E-state index in [2.05, 4.69) is 407 Å². The van der Waals surface area contributed by atoms with Crippen molar-refractivity contribution in [1.82, 2.24) is 0 Å². The van der Waals surface area contributed by atoms with E-state index in [0.717, 1.165) is 0 Å². The maximum absolute atomic E-state index is 2.27. The first-order chi connectivity index (χ1) is 45.5. The lowest BCUT2D eigenvalue weighted by Gasteiger charge is -2.07. The molecule has 12 aromatic rings. The van der Waals surface area contributed by atoms with Crippen LogP contribution in [0.5, 0.6) is 0 Å². The molecule has 0 aliphatic carbocycles. The van der Waals surface area contributed by atoms with E-state index in [1.54, 1.807) is 0 Å². The third-order valence-corrected chi connectivity index (χ3v) is 18.7. The molecule has 0 bridgehead atoms. The molecular weight excluding hydrogens is 1170 g/mol. The van der Waals surface area contributed by atoms with Crippen LogP contribution >= 0.6 is 0 Å². The summed E-state index contributed by atoms with van der Waals surface area (Å²) in [7, 11) is 12.6. The van der Waals surface area contributed by atoms with Gasteiger partial charge in [-0.25, -0.2) is 18.3 Å². The normalized spacial score (nSPS) is 10.5. The van der Waals surface area contributed by atoms with Crippen molar-refractivity contribution in [2.75, 3.05) is 0 Å². The highest BCUT2D eigenvalue weighted by molar-refractivity contribution is 5.66. The summed E-state index contributed by atoms with van der Waals surface area (Å²) < 4.78 is 13.3. The minimum Gasteiger partial charge on any atom is -0.201 e. The van der Waals surface area contributed by atoms with Crippen molar-refractivity contribution >= 4 is 0 Å². The van der Waals surface area contributed by atoms with E-state index in [4.69, 9.17) is 0 Å². The lowest BCUT2D eigenvalue weighted by Crippen LogP contribution is -2.35. The molecule has 6 aromatic heterocycles. The average molecular weight is 1270 g/mol. The summed E-state index contributed by atoms with van der Waals surface area (Å²) in [5, 5.41) is 0. The molecule has 96 heavy (non-hydrogen) atoms. The fourth-order valence-corrected chi connectivity index (χ4v) is 12.4. The molecule has 12 rings (SSSR count). The molecule has 6 nitrogen and oxygen atoms in total. The molecule has 6 heterocycles. The summed E-state index contributed by atoms with van der Waals surface area (Å²) >= 11 is 0. The summed E-state index contributed by atoms with van der Waals surface area (Å²) in [5.74, 6) is 0. The van der Waals surface area contributed by atoms with E-state index in [-0.39, 0.29) is 0 Å². The Morgan fingerprint density at radius 2 is 0.562 bits per heavy atom. The van der Waals surface area contributed by atoms with Crippen molar-refractivity contribution in [3.63, 3.8) is 0 Å². The Morgan fingerprint density at radius 1 is 0.198 bits per heavy atom. The highest BCUT2D eigenvalue weighted by atomic mass is 15.0. The minimum absolute atomic E-state index is 1.26. The molecule has 0 radical (unpaired) electrons. The monoisotopic (exact) mass is 1270 g/mol. The molecule has 0 atom stereocenters. The van der Waals surface area contributed by atoms with Gasteiger partial charge in [0.15, 0.2) is 36.2 Å². The van der Waals surface area contributed by atoms with Gasteiger partial charge in [0.25, 0.3) is 0 Å². The lowest BCUT2D eigenvalue weighted by molar-refractivity contribution is -0.667. The first kappa shape index (κ1) is 73.6. The largest absolute Gasteiger partial charge is 0.212 e. The van der Waals surface area contributed by atoms with Crippen molar-refractivity contribution in [2.24, 2.45) is 42.3 Å². The van der Waals surface area contributed by atoms with E-state index in [9.17, 15) is 0 Å². The fraction of sp³-hybridized carbons (Fsp3) is 0.267. The lowest BCUT2D eigenvalue weighted by atomic mass is 10.0. The molecule has 0 saturated carbocycles. The fourth-order valence-electron chi connectivity index (χ4n) is 12.4. The predicted octanol–water partition coefficient (Wildman–Crippen LogP) is 18.6. The van der Waals surface area contributed by atoms with Gasteiger partial charge in [0, 0.05) is 118 Å². The SMILES string of the molecule is Cc1cc(-c2ccccc2C)[n+](C)cc1C.Cc1cc(C)[n+](C)c(-c2ccccc2C)c1.Cc1ccc(-c2cc(C)c(C)c[n+]2C)c(C)c1.Cc1ccc(-c2ccc(C)c[n+]2C)c(C)c1.Cc1ccc(-c2cccc[n+]2C)c(C)c1.Cc1ccccc1-c1ccc(C)c(C)[n+]1C. The molecule has 0 N–H and O–H groups in total. The second kappa shape index (κ2) is 33.6. The minimum atomic E-state index is 1.26. The molecular formula is C90H108N6+6. The van der Waals surface area contributed by atoms with Gasteiger partial charge in [-0.15, -0.1) is 0 Å². The van der Waals surface area contributed by atoms with Gasteiger partial charge in [-0.2, -0.15) is 9.13 Å². The van der Waals surface area contributed by atoms with Crippen LogP contribution in [0.4, 0.5) is 0 Å². The molecule has 0 saturated heterocycles. The van der Waals surface area contributed by atoms with Crippen LogP contribution in [0.25, 0.3) is 67.5 Å². The first-order valence-corrected chi connectivity index (χ1v) is 33.7. The van der Waals surface area contributed by atoms with Crippen LogP contribution in [0.3, 0.4) is 0 Å². The summed E-state index contributed by atoms with van der Waals surface area (Å²) in [4.78, 5) is 0. The summed E-state index contributed by atoms with van der Waals surface area (Å²) in [6, 6.07) is 69.4. The van der Waals surface area contributed by atoms with E-state index < -0.39 is 0 Å². The maximum Gasteiger partial charge on any atom is 0.212 e. The number of rotatable bonds is 6. The van der Waals surface area contributed by atoms with Gasteiger partial charge in [0.1, 0.15) is 42.3 Å². The average Bonchev–Trinajstić information content (AvgIpc) is 0.844. The summed E-state index contributed by atoms with van der Waals surface area (Å²) in [6.45, 7) is 38.7. The Hall–Kier alpha value is -9.78. The van der Waals surface area contributed by atoms with E-state index >= 15 is 0 Å². The Kier molecular flexibility index (Phi) is 25.7. The number of hydrogen-bond acceptors (Lipinski definition) is 0. The second-order valence-corrected chi connectivity index (χ2v) is 26.7. The van der Waals surface area contributed by atoms with Crippen LogP contribution in [0.15, 0.2) is 219 Å². The number of hydrogen-bond donors (Lipinski definition) is 0. The van der Waals surface area contributed by atoms with Crippen LogP contribution in [0.1, 0.15) is 100 Å².